The van der Waals surface area contributed by atoms with Gasteiger partial charge in [-0.15, -0.1) is 0 Å². The highest BCUT2D eigenvalue weighted by atomic mass is 32.1. The van der Waals surface area contributed by atoms with Gasteiger partial charge in [-0.05, 0) is 24.3 Å². The number of thiol groups is 1. The lowest BCUT2D eigenvalue weighted by Crippen LogP contribution is -2.28. The molecule has 0 bridgehead atoms. The van der Waals surface area contributed by atoms with Crippen LogP contribution in [0.3, 0.4) is 0 Å². The first kappa shape index (κ1) is 14.6. The van der Waals surface area contributed by atoms with Crippen molar-refractivity contribution in [3.63, 3.8) is 0 Å². The second kappa shape index (κ2) is 8.56. The van der Waals surface area contributed by atoms with E-state index < -0.39 is 0 Å². The molecular formula is C14H23NOS. The van der Waals surface area contributed by atoms with E-state index in [-0.39, 0.29) is 0 Å². The number of hydrogen-bond acceptors (Lipinski definition) is 3. The Labute approximate surface area is 110 Å². The summed E-state index contributed by atoms with van der Waals surface area (Å²) in [5.74, 6) is 1.58. The molecule has 0 aliphatic rings. The number of likely N-dealkylation sites (N-methyl/N-ethyl adjacent to an activating group) is 1. The van der Waals surface area contributed by atoms with Gasteiger partial charge in [0.1, 0.15) is 0 Å². The van der Waals surface area contributed by atoms with Crippen LogP contribution in [0.5, 0.6) is 0 Å². The molecule has 0 fully saturated rings. The average Bonchev–Trinajstić information content (AvgIpc) is 2.36. The van der Waals surface area contributed by atoms with Crippen LogP contribution in [-0.2, 0) is 11.3 Å². The van der Waals surface area contributed by atoms with Gasteiger partial charge in [0.2, 0.25) is 0 Å². The second-order valence-corrected chi connectivity index (χ2v) is 4.95. The van der Waals surface area contributed by atoms with E-state index in [4.69, 9.17) is 4.74 Å². The minimum atomic E-state index is 0.637. The van der Waals surface area contributed by atoms with Crippen LogP contribution in [0.2, 0.25) is 0 Å². The van der Waals surface area contributed by atoms with Gasteiger partial charge in [0.05, 0.1) is 13.2 Å². The van der Waals surface area contributed by atoms with Crippen molar-refractivity contribution in [3.8, 4) is 0 Å². The van der Waals surface area contributed by atoms with Crippen LogP contribution < -0.4 is 0 Å². The molecule has 0 saturated carbocycles. The van der Waals surface area contributed by atoms with Crippen molar-refractivity contribution < 1.29 is 4.74 Å². The van der Waals surface area contributed by atoms with Gasteiger partial charge < -0.3 is 9.64 Å². The van der Waals surface area contributed by atoms with E-state index >= 15 is 0 Å². The maximum atomic E-state index is 5.64. The van der Waals surface area contributed by atoms with E-state index in [1.54, 1.807) is 0 Å². The van der Waals surface area contributed by atoms with E-state index in [0.717, 1.165) is 25.4 Å². The van der Waals surface area contributed by atoms with Crippen LogP contribution in [0, 0.1) is 5.92 Å². The third-order valence-corrected chi connectivity index (χ3v) is 3.29. The van der Waals surface area contributed by atoms with Crippen LogP contribution in [0.15, 0.2) is 30.3 Å². The summed E-state index contributed by atoms with van der Waals surface area (Å²) in [5.41, 5.74) is 1.24. The molecule has 0 aliphatic heterocycles. The van der Waals surface area contributed by atoms with Crippen LogP contribution in [0.1, 0.15) is 12.5 Å². The highest BCUT2D eigenvalue weighted by Crippen LogP contribution is 2.02. The number of rotatable bonds is 8. The molecule has 0 spiro atoms. The van der Waals surface area contributed by atoms with E-state index in [1.165, 1.54) is 5.56 Å². The molecule has 0 heterocycles. The molecule has 0 aromatic heterocycles. The van der Waals surface area contributed by atoms with Crippen molar-refractivity contribution in [3.05, 3.63) is 35.9 Å². The van der Waals surface area contributed by atoms with Crippen LogP contribution in [0.25, 0.3) is 0 Å². The number of ether oxygens (including phenoxy) is 1. The molecule has 1 atom stereocenters. The fourth-order valence-corrected chi connectivity index (χ4v) is 1.78. The first-order chi connectivity index (χ1) is 8.22. The SMILES string of the molecule is CC(CS)CN(C)CCOCc1ccccc1. The molecular weight excluding hydrogens is 230 g/mol. The van der Waals surface area contributed by atoms with Crippen LogP contribution >= 0.6 is 12.6 Å². The van der Waals surface area contributed by atoms with Gasteiger partial charge in [0.25, 0.3) is 0 Å². The molecule has 0 saturated heterocycles. The van der Waals surface area contributed by atoms with E-state index in [1.807, 2.05) is 18.2 Å². The molecule has 0 N–H and O–H groups in total. The van der Waals surface area contributed by atoms with Crippen molar-refractivity contribution in [2.75, 3.05) is 32.5 Å². The topological polar surface area (TPSA) is 12.5 Å². The summed E-state index contributed by atoms with van der Waals surface area (Å²) in [4.78, 5) is 2.30. The predicted molar refractivity (Wildman–Crippen MR) is 76.6 cm³/mol. The molecule has 0 amide bonds. The Bertz CT molecular complexity index is 292. The zero-order valence-corrected chi connectivity index (χ0v) is 11.7. The molecule has 0 radical (unpaired) electrons. The lowest BCUT2D eigenvalue weighted by Gasteiger charge is -2.19. The Morgan fingerprint density at radius 3 is 2.65 bits per heavy atom. The van der Waals surface area contributed by atoms with Crippen molar-refractivity contribution in [1.82, 2.24) is 4.90 Å². The molecule has 3 heteroatoms. The van der Waals surface area contributed by atoms with Gasteiger partial charge >= 0.3 is 0 Å². The Morgan fingerprint density at radius 2 is 2.00 bits per heavy atom. The van der Waals surface area contributed by atoms with Gasteiger partial charge in [-0.2, -0.15) is 12.6 Å². The molecule has 1 aromatic carbocycles. The lowest BCUT2D eigenvalue weighted by atomic mass is 10.2. The van der Waals surface area contributed by atoms with E-state index in [9.17, 15) is 0 Å². The highest BCUT2D eigenvalue weighted by molar-refractivity contribution is 7.80. The molecule has 1 aromatic rings. The van der Waals surface area contributed by atoms with E-state index in [0.29, 0.717) is 12.5 Å². The van der Waals surface area contributed by atoms with Crippen molar-refractivity contribution >= 4 is 12.6 Å². The standard InChI is InChI=1S/C14H23NOS/c1-13(12-17)10-15(2)8-9-16-11-14-6-4-3-5-7-14/h3-7,13,17H,8-12H2,1-2H3. The third kappa shape index (κ3) is 6.71. The maximum Gasteiger partial charge on any atom is 0.0717 e. The number of benzene rings is 1. The normalized spacial score (nSPS) is 12.9. The molecule has 0 aliphatic carbocycles. The Kier molecular flexibility index (Phi) is 7.33. The Balaban J connectivity index is 2.08. The summed E-state index contributed by atoms with van der Waals surface area (Å²) in [7, 11) is 2.13. The van der Waals surface area contributed by atoms with E-state index in [2.05, 4.69) is 43.6 Å². The summed E-state index contributed by atoms with van der Waals surface area (Å²) >= 11 is 4.29. The average molecular weight is 253 g/mol. The zero-order valence-electron chi connectivity index (χ0n) is 10.8. The molecule has 96 valence electrons. The summed E-state index contributed by atoms with van der Waals surface area (Å²) in [5, 5.41) is 0. The van der Waals surface area contributed by atoms with Gasteiger partial charge in [0.15, 0.2) is 0 Å². The molecule has 1 rings (SSSR count). The fourth-order valence-electron chi connectivity index (χ4n) is 1.67. The highest BCUT2D eigenvalue weighted by Gasteiger charge is 2.04. The minimum absolute atomic E-state index is 0.637. The molecule has 2 nitrogen and oxygen atoms in total. The fraction of sp³-hybridized carbons (Fsp3) is 0.571. The zero-order chi connectivity index (χ0) is 12.5. The maximum absolute atomic E-state index is 5.64. The van der Waals surface area contributed by atoms with Crippen molar-refractivity contribution in [2.45, 2.75) is 13.5 Å². The third-order valence-electron chi connectivity index (χ3n) is 2.66. The monoisotopic (exact) mass is 253 g/mol. The van der Waals surface area contributed by atoms with Crippen LogP contribution in [-0.4, -0.2) is 37.4 Å². The van der Waals surface area contributed by atoms with Gasteiger partial charge in [-0.25, -0.2) is 0 Å². The summed E-state index contributed by atoms with van der Waals surface area (Å²) in [6.07, 6.45) is 0. The second-order valence-electron chi connectivity index (χ2n) is 4.59. The predicted octanol–water partition coefficient (Wildman–Crippen LogP) is 2.70. The van der Waals surface area contributed by atoms with Gasteiger partial charge in [-0.1, -0.05) is 37.3 Å². The smallest absolute Gasteiger partial charge is 0.0717 e. The molecule has 17 heavy (non-hydrogen) atoms. The van der Waals surface area contributed by atoms with Gasteiger partial charge in [0, 0.05) is 13.1 Å². The minimum Gasteiger partial charge on any atom is -0.375 e. The summed E-state index contributed by atoms with van der Waals surface area (Å²) < 4.78 is 5.64. The number of nitrogens with zero attached hydrogens (tertiary/aromatic N) is 1. The molecule has 1 unspecified atom stereocenters. The summed E-state index contributed by atoms with van der Waals surface area (Å²) in [6.45, 7) is 5.76. The first-order valence-corrected chi connectivity index (χ1v) is 6.76. The Morgan fingerprint density at radius 1 is 1.29 bits per heavy atom. The first-order valence-electron chi connectivity index (χ1n) is 6.13. The van der Waals surface area contributed by atoms with Crippen molar-refractivity contribution in [1.29, 1.82) is 0 Å². The van der Waals surface area contributed by atoms with Crippen LogP contribution in [0.4, 0.5) is 0 Å². The Hall–Kier alpha value is -0.510. The largest absolute Gasteiger partial charge is 0.375 e. The summed E-state index contributed by atoms with van der Waals surface area (Å²) in [6, 6.07) is 10.3. The number of hydrogen-bond donors (Lipinski definition) is 1. The van der Waals surface area contributed by atoms with Crippen molar-refractivity contribution in [2.24, 2.45) is 5.92 Å². The van der Waals surface area contributed by atoms with Gasteiger partial charge in [-0.3, -0.25) is 0 Å². The lowest BCUT2D eigenvalue weighted by molar-refractivity contribution is 0.0970. The quantitative estimate of drug-likeness (QED) is 0.565.